The number of amides is 1. The lowest BCUT2D eigenvalue weighted by molar-refractivity contribution is -0.143. The van der Waals surface area contributed by atoms with Crippen molar-refractivity contribution in [3.05, 3.63) is 18.2 Å². The topological polar surface area (TPSA) is 88.1 Å². The number of halogens is 1. The van der Waals surface area contributed by atoms with E-state index in [4.69, 9.17) is 14.6 Å². The van der Waals surface area contributed by atoms with E-state index >= 15 is 0 Å². The van der Waals surface area contributed by atoms with Crippen molar-refractivity contribution in [2.75, 3.05) is 39.2 Å². The minimum atomic E-state index is -0.725. The summed E-state index contributed by atoms with van der Waals surface area (Å²) in [6.45, 7) is 2.05. The molecule has 2 rings (SSSR count). The van der Waals surface area contributed by atoms with Crippen LogP contribution in [0.2, 0.25) is 0 Å². The molecule has 2 N–H and O–H groups in total. The average Bonchev–Trinajstić information content (AvgIpc) is 2.60. The van der Waals surface area contributed by atoms with Crippen molar-refractivity contribution >= 4 is 30.0 Å². The third-order valence-electron chi connectivity index (χ3n) is 4.27. The van der Waals surface area contributed by atoms with Crippen LogP contribution < -0.4 is 14.8 Å². The Bertz CT molecular complexity index is 588. The maximum absolute atomic E-state index is 12.2. The highest BCUT2D eigenvalue weighted by atomic mass is 35.5. The van der Waals surface area contributed by atoms with Crippen LogP contribution in [-0.2, 0) is 9.59 Å². The molecule has 1 aliphatic rings. The fourth-order valence-corrected chi connectivity index (χ4v) is 2.79. The van der Waals surface area contributed by atoms with Gasteiger partial charge >= 0.3 is 5.97 Å². The van der Waals surface area contributed by atoms with Crippen LogP contribution in [0.15, 0.2) is 18.2 Å². The van der Waals surface area contributed by atoms with Crippen LogP contribution in [0.4, 0.5) is 5.69 Å². The number of aliphatic carboxylic acids is 1. The quantitative estimate of drug-likeness (QED) is 0.763. The summed E-state index contributed by atoms with van der Waals surface area (Å²) in [6.07, 6.45) is 1.62. The van der Waals surface area contributed by atoms with Gasteiger partial charge < -0.3 is 24.8 Å². The molecule has 0 bridgehead atoms. The highest BCUT2D eigenvalue weighted by Crippen LogP contribution is 2.29. The normalized spacial score (nSPS) is 15.1. The largest absolute Gasteiger partial charge is 0.497 e. The Morgan fingerprint density at radius 3 is 2.48 bits per heavy atom. The number of benzene rings is 1. The zero-order chi connectivity index (χ0) is 17.5. The zero-order valence-corrected chi connectivity index (χ0v) is 15.3. The molecule has 1 fully saturated rings. The summed E-state index contributed by atoms with van der Waals surface area (Å²) in [7, 11) is 3.11. The van der Waals surface area contributed by atoms with Gasteiger partial charge in [-0.05, 0) is 38.1 Å². The van der Waals surface area contributed by atoms with E-state index in [-0.39, 0.29) is 24.2 Å². The molecule has 0 radical (unpaired) electrons. The van der Waals surface area contributed by atoms with Gasteiger partial charge in [-0.25, -0.2) is 0 Å². The molecule has 0 aromatic heterocycles. The summed E-state index contributed by atoms with van der Waals surface area (Å²) in [5.74, 6) is 0.129. The van der Waals surface area contributed by atoms with E-state index in [0.29, 0.717) is 56.1 Å². The lowest BCUT2D eigenvalue weighted by Crippen LogP contribution is -2.37. The van der Waals surface area contributed by atoms with Crippen LogP contribution >= 0.6 is 12.4 Å². The highest BCUT2D eigenvalue weighted by Gasteiger charge is 2.24. The molecule has 1 aromatic carbocycles. The van der Waals surface area contributed by atoms with Crippen molar-refractivity contribution < 1.29 is 24.2 Å². The molecule has 1 amide bonds. The van der Waals surface area contributed by atoms with Crippen molar-refractivity contribution in [2.24, 2.45) is 5.92 Å². The van der Waals surface area contributed by atoms with Gasteiger partial charge in [0.25, 0.3) is 0 Å². The first-order valence-corrected chi connectivity index (χ1v) is 8.00. The molecule has 1 aromatic rings. The summed E-state index contributed by atoms with van der Waals surface area (Å²) < 4.78 is 10.4. The zero-order valence-electron chi connectivity index (χ0n) is 14.5. The molecule has 1 aliphatic heterocycles. The van der Waals surface area contributed by atoms with Crippen LogP contribution in [0.25, 0.3) is 0 Å². The first kappa shape index (κ1) is 21.1. The maximum Gasteiger partial charge on any atom is 0.306 e. The number of methoxy groups -OCH3 is 2. The number of ether oxygens (including phenoxy) is 2. The summed E-state index contributed by atoms with van der Waals surface area (Å²) >= 11 is 0. The lowest BCUT2D eigenvalue weighted by atomic mass is 9.97. The Balaban J connectivity index is 0.00000312. The van der Waals surface area contributed by atoms with Crippen molar-refractivity contribution in [1.82, 2.24) is 4.90 Å². The number of nitrogens with zero attached hydrogens (tertiary/aromatic N) is 1. The number of nitrogens with one attached hydrogen (secondary N) is 1. The number of carbonyl (C=O) groups is 2. The number of carbonyl (C=O) groups excluding carboxylic acids is 1. The monoisotopic (exact) mass is 372 g/mol. The van der Waals surface area contributed by atoms with Gasteiger partial charge in [-0.1, -0.05) is 0 Å². The molecular formula is C17H25ClN2O5. The first-order chi connectivity index (χ1) is 11.5. The van der Waals surface area contributed by atoms with E-state index in [1.165, 1.54) is 0 Å². The number of hydrogen-bond acceptors (Lipinski definition) is 5. The van der Waals surface area contributed by atoms with Crippen LogP contribution in [0.5, 0.6) is 11.5 Å². The third-order valence-corrected chi connectivity index (χ3v) is 4.27. The second kappa shape index (κ2) is 10.1. The number of rotatable bonds is 7. The van der Waals surface area contributed by atoms with Gasteiger partial charge in [0.15, 0.2) is 0 Å². The minimum absolute atomic E-state index is 0. The SMILES string of the molecule is COc1ccc(OC)c(NC(=O)CCN2CCC(C(=O)O)CC2)c1.Cl. The molecule has 1 heterocycles. The molecule has 0 unspecified atom stereocenters. The van der Waals surface area contributed by atoms with Crippen LogP contribution in [0.1, 0.15) is 19.3 Å². The molecule has 7 nitrogen and oxygen atoms in total. The standard InChI is InChI=1S/C17H24N2O5.ClH/c1-23-13-3-4-15(24-2)14(11-13)18-16(20)7-10-19-8-5-12(6-9-19)17(21)22;/h3-4,11-12H,5-10H2,1-2H3,(H,18,20)(H,21,22);1H. The molecule has 25 heavy (non-hydrogen) atoms. The molecule has 1 saturated heterocycles. The van der Waals surface area contributed by atoms with E-state index < -0.39 is 5.97 Å². The Labute approximate surface area is 153 Å². The average molecular weight is 373 g/mol. The van der Waals surface area contributed by atoms with Crippen LogP contribution in [0.3, 0.4) is 0 Å². The van der Waals surface area contributed by atoms with E-state index in [1.807, 2.05) is 0 Å². The molecule has 0 atom stereocenters. The van der Waals surface area contributed by atoms with Gasteiger partial charge in [-0.3, -0.25) is 9.59 Å². The lowest BCUT2D eigenvalue weighted by Gasteiger charge is -2.29. The Hall–Kier alpha value is -1.99. The maximum atomic E-state index is 12.2. The van der Waals surface area contributed by atoms with E-state index in [9.17, 15) is 9.59 Å². The molecule has 0 spiro atoms. The van der Waals surface area contributed by atoms with Crippen molar-refractivity contribution in [3.8, 4) is 11.5 Å². The Morgan fingerprint density at radius 2 is 1.92 bits per heavy atom. The Morgan fingerprint density at radius 1 is 1.24 bits per heavy atom. The van der Waals surface area contributed by atoms with Crippen molar-refractivity contribution in [3.63, 3.8) is 0 Å². The second-order valence-electron chi connectivity index (χ2n) is 5.82. The molecule has 0 aliphatic carbocycles. The van der Waals surface area contributed by atoms with E-state index in [2.05, 4.69) is 10.2 Å². The van der Waals surface area contributed by atoms with Gasteiger partial charge in [0, 0.05) is 19.0 Å². The van der Waals surface area contributed by atoms with Gasteiger partial charge in [0.1, 0.15) is 11.5 Å². The van der Waals surface area contributed by atoms with Crippen LogP contribution in [-0.4, -0.2) is 55.7 Å². The van der Waals surface area contributed by atoms with Crippen LogP contribution in [0, 0.1) is 5.92 Å². The summed E-state index contributed by atoms with van der Waals surface area (Å²) in [5, 5.41) is 11.8. The number of carboxylic acids is 1. The third kappa shape index (κ3) is 6.10. The smallest absolute Gasteiger partial charge is 0.306 e. The molecule has 140 valence electrons. The number of hydrogen-bond donors (Lipinski definition) is 2. The van der Waals surface area contributed by atoms with E-state index in [1.54, 1.807) is 32.4 Å². The molecule has 8 heteroatoms. The van der Waals surface area contributed by atoms with Gasteiger partial charge in [-0.15, -0.1) is 12.4 Å². The number of piperidine rings is 1. The number of carboxylic acid groups (broad SMARTS) is 1. The molecular weight excluding hydrogens is 348 g/mol. The van der Waals surface area contributed by atoms with Crippen molar-refractivity contribution in [2.45, 2.75) is 19.3 Å². The minimum Gasteiger partial charge on any atom is -0.497 e. The predicted molar refractivity (Wildman–Crippen MR) is 96.8 cm³/mol. The van der Waals surface area contributed by atoms with Gasteiger partial charge in [-0.2, -0.15) is 0 Å². The fraction of sp³-hybridized carbons (Fsp3) is 0.529. The Kier molecular flexibility index (Phi) is 8.51. The molecule has 0 saturated carbocycles. The summed E-state index contributed by atoms with van der Waals surface area (Å²) in [6, 6.07) is 5.22. The van der Waals surface area contributed by atoms with Crippen molar-refractivity contribution in [1.29, 1.82) is 0 Å². The first-order valence-electron chi connectivity index (χ1n) is 8.00. The van der Waals surface area contributed by atoms with E-state index in [0.717, 1.165) is 0 Å². The van der Waals surface area contributed by atoms with Gasteiger partial charge in [0.05, 0.1) is 25.8 Å². The number of anilines is 1. The summed E-state index contributed by atoms with van der Waals surface area (Å²) in [4.78, 5) is 25.2. The fourth-order valence-electron chi connectivity index (χ4n) is 2.79. The predicted octanol–water partition coefficient (Wildman–Crippen LogP) is 2.25. The summed E-state index contributed by atoms with van der Waals surface area (Å²) in [5.41, 5.74) is 0.575. The van der Waals surface area contributed by atoms with Gasteiger partial charge in [0.2, 0.25) is 5.91 Å². The second-order valence-corrected chi connectivity index (χ2v) is 5.82. The highest BCUT2D eigenvalue weighted by molar-refractivity contribution is 5.92. The number of likely N-dealkylation sites (tertiary alicyclic amines) is 1.